The van der Waals surface area contributed by atoms with Crippen LogP contribution in [0.4, 0.5) is 0 Å². The van der Waals surface area contributed by atoms with Crippen LogP contribution in [-0.2, 0) is 38.2 Å². The first-order valence-electron chi connectivity index (χ1n) is 14.6. The van der Waals surface area contributed by atoms with E-state index >= 15 is 0 Å². The Bertz CT molecular complexity index is 763. The molecule has 3 N–H and O–H groups in total. The van der Waals surface area contributed by atoms with E-state index in [9.17, 15) is 29.1 Å². The molecule has 2 atom stereocenters. The van der Waals surface area contributed by atoms with Crippen LogP contribution in [0.25, 0.3) is 0 Å². The van der Waals surface area contributed by atoms with Gasteiger partial charge in [-0.3, -0.25) is 9.59 Å². The Labute approximate surface area is 237 Å². The van der Waals surface area contributed by atoms with Crippen LogP contribution >= 0.6 is 0 Å². The van der Waals surface area contributed by atoms with Gasteiger partial charge in [-0.05, 0) is 19.3 Å². The third kappa shape index (κ3) is 19.4. The highest BCUT2D eigenvalue weighted by Crippen LogP contribution is 2.24. The number of carbonyl (C=O) groups is 5. The minimum Gasteiger partial charge on any atom is -0.481 e. The maximum Gasteiger partial charge on any atom is 0.349 e. The average molecular weight is 575 g/mol. The molecule has 0 saturated carbocycles. The molecule has 11 nitrogen and oxygen atoms in total. The Morgan fingerprint density at radius 3 is 1.55 bits per heavy atom. The number of aliphatic carboxylic acids is 2. The van der Waals surface area contributed by atoms with Crippen molar-refractivity contribution in [1.29, 1.82) is 0 Å². The van der Waals surface area contributed by atoms with Crippen LogP contribution in [0, 0.1) is 5.92 Å². The number of carboxylic acid groups (broad SMARTS) is 2. The molecule has 2 unspecified atom stereocenters. The zero-order valence-electron chi connectivity index (χ0n) is 24.5. The summed E-state index contributed by atoms with van der Waals surface area (Å²) in [5, 5.41) is 27.8. The largest absolute Gasteiger partial charge is 0.481 e. The van der Waals surface area contributed by atoms with Crippen LogP contribution in [-0.4, -0.2) is 70.1 Å². The SMILES string of the molecule is CC(C)CCCCCCCCCCCCCCCOC(=O)CC(CC(=O)O)(OC(=O)COC(=O)C(C)O)C(=O)O. The van der Waals surface area contributed by atoms with E-state index in [1.165, 1.54) is 57.8 Å². The first-order valence-corrected chi connectivity index (χ1v) is 14.6. The predicted octanol–water partition coefficient (Wildman–Crippen LogP) is 4.80. The molecule has 0 radical (unpaired) electrons. The maximum atomic E-state index is 12.3. The highest BCUT2D eigenvalue weighted by Gasteiger charge is 2.47. The number of hydrogen-bond donors (Lipinski definition) is 3. The Morgan fingerprint density at radius 1 is 0.650 bits per heavy atom. The lowest BCUT2D eigenvalue weighted by Gasteiger charge is -2.27. The smallest absolute Gasteiger partial charge is 0.349 e. The topological polar surface area (TPSA) is 174 Å². The van der Waals surface area contributed by atoms with Crippen LogP contribution in [0.2, 0.25) is 0 Å². The summed E-state index contributed by atoms with van der Waals surface area (Å²) in [4.78, 5) is 58.6. The average Bonchev–Trinajstić information content (AvgIpc) is 2.86. The Kier molecular flexibility index (Phi) is 20.6. The van der Waals surface area contributed by atoms with Crippen LogP contribution in [0.3, 0.4) is 0 Å². The Morgan fingerprint density at radius 2 is 1.12 bits per heavy atom. The first-order chi connectivity index (χ1) is 18.9. The summed E-state index contributed by atoms with van der Waals surface area (Å²) in [6, 6.07) is 0. The van der Waals surface area contributed by atoms with Gasteiger partial charge in [0.05, 0.1) is 19.4 Å². The third-order valence-corrected chi connectivity index (χ3v) is 6.43. The number of rotatable bonds is 25. The van der Waals surface area contributed by atoms with Crippen molar-refractivity contribution in [2.24, 2.45) is 5.92 Å². The van der Waals surface area contributed by atoms with Crippen LogP contribution in [0.5, 0.6) is 0 Å². The van der Waals surface area contributed by atoms with Crippen molar-refractivity contribution in [1.82, 2.24) is 0 Å². The summed E-state index contributed by atoms with van der Waals surface area (Å²) in [5.74, 6) is -6.26. The molecule has 0 bridgehead atoms. The second kappa shape index (κ2) is 22.1. The van der Waals surface area contributed by atoms with E-state index < -0.39 is 61.0 Å². The quantitative estimate of drug-likeness (QED) is 0.0776. The molecular weight excluding hydrogens is 524 g/mol. The molecule has 0 saturated heterocycles. The molecule has 40 heavy (non-hydrogen) atoms. The van der Waals surface area contributed by atoms with Crippen LogP contribution in [0.15, 0.2) is 0 Å². The van der Waals surface area contributed by atoms with Gasteiger partial charge in [0.25, 0.3) is 0 Å². The molecule has 0 spiro atoms. The fourth-order valence-electron chi connectivity index (χ4n) is 4.14. The van der Waals surface area contributed by atoms with Gasteiger partial charge < -0.3 is 29.5 Å². The van der Waals surface area contributed by atoms with Crippen molar-refractivity contribution in [3.63, 3.8) is 0 Å². The second-order valence-corrected chi connectivity index (χ2v) is 10.8. The number of esters is 3. The molecule has 0 aliphatic rings. The lowest BCUT2D eigenvalue weighted by molar-refractivity contribution is -0.190. The van der Waals surface area contributed by atoms with E-state index in [2.05, 4.69) is 18.6 Å². The van der Waals surface area contributed by atoms with Gasteiger partial charge >= 0.3 is 29.8 Å². The maximum absolute atomic E-state index is 12.3. The van der Waals surface area contributed by atoms with Gasteiger partial charge in [0.1, 0.15) is 6.10 Å². The van der Waals surface area contributed by atoms with E-state index in [4.69, 9.17) is 19.7 Å². The summed E-state index contributed by atoms with van der Waals surface area (Å²) in [6.07, 6.45) is 12.6. The minimum atomic E-state index is -2.73. The van der Waals surface area contributed by atoms with Gasteiger partial charge in [-0.15, -0.1) is 0 Å². The standard InChI is InChI=1S/C29H50O11/c1-22(2)17-15-13-11-9-7-5-4-6-8-10-12-14-16-18-38-25(33)20-29(28(36)37,19-24(31)32)40-26(34)21-39-27(35)23(3)30/h22-23,30H,4-21H2,1-3H3,(H,31,32)(H,36,37). The van der Waals surface area contributed by atoms with Gasteiger partial charge in [0.15, 0.2) is 6.61 Å². The van der Waals surface area contributed by atoms with Gasteiger partial charge in [-0.2, -0.15) is 0 Å². The van der Waals surface area contributed by atoms with E-state index in [0.717, 1.165) is 38.5 Å². The summed E-state index contributed by atoms with van der Waals surface area (Å²) >= 11 is 0. The molecule has 0 heterocycles. The zero-order valence-corrected chi connectivity index (χ0v) is 24.5. The van der Waals surface area contributed by atoms with Gasteiger partial charge in [0.2, 0.25) is 5.60 Å². The summed E-state index contributed by atoms with van der Waals surface area (Å²) < 4.78 is 14.3. The van der Waals surface area contributed by atoms with Gasteiger partial charge in [0, 0.05) is 0 Å². The second-order valence-electron chi connectivity index (χ2n) is 10.8. The van der Waals surface area contributed by atoms with E-state index in [1.54, 1.807) is 0 Å². The summed E-state index contributed by atoms with van der Waals surface area (Å²) in [7, 11) is 0. The number of carboxylic acids is 2. The number of ether oxygens (including phenoxy) is 3. The molecule has 0 fully saturated rings. The zero-order chi connectivity index (χ0) is 30.4. The molecule has 232 valence electrons. The number of carbonyl (C=O) groups excluding carboxylic acids is 3. The highest BCUT2D eigenvalue weighted by molar-refractivity contribution is 5.91. The van der Waals surface area contributed by atoms with Crippen LogP contribution < -0.4 is 0 Å². The van der Waals surface area contributed by atoms with Crippen molar-refractivity contribution in [2.45, 2.75) is 135 Å². The minimum absolute atomic E-state index is 0.0265. The number of unbranched alkanes of at least 4 members (excludes halogenated alkanes) is 12. The molecule has 11 heteroatoms. The third-order valence-electron chi connectivity index (χ3n) is 6.43. The molecular formula is C29H50O11. The molecule has 0 amide bonds. The van der Waals surface area contributed by atoms with E-state index in [1.807, 2.05) is 0 Å². The fraction of sp³-hybridized carbons (Fsp3) is 0.828. The first kappa shape index (κ1) is 37.3. The fourth-order valence-corrected chi connectivity index (χ4v) is 4.14. The van der Waals surface area contributed by atoms with Crippen molar-refractivity contribution in [3.8, 4) is 0 Å². The number of hydrogen-bond acceptors (Lipinski definition) is 9. The molecule has 0 aliphatic heterocycles. The summed E-state index contributed by atoms with van der Waals surface area (Å²) in [6.45, 7) is 4.59. The van der Waals surface area contributed by atoms with Crippen molar-refractivity contribution in [3.05, 3.63) is 0 Å². The molecule has 0 aromatic rings. The Hall–Kier alpha value is -2.69. The van der Waals surface area contributed by atoms with Gasteiger partial charge in [-0.25, -0.2) is 14.4 Å². The van der Waals surface area contributed by atoms with E-state index in [-0.39, 0.29) is 6.61 Å². The molecule has 0 aromatic heterocycles. The Balaban J connectivity index is 4.19. The molecule has 0 aromatic carbocycles. The van der Waals surface area contributed by atoms with Crippen LogP contribution in [0.1, 0.15) is 124 Å². The van der Waals surface area contributed by atoms with Crippen molar-refractivity contribution in [2.75, 3.05) is 13.2 Å². The predicted molar refractivity (Wildman–Crippen MR) is 146 cm³/mol. The summed E-state index contributed by atoms with van der Waals surface area (Å²) in [5.41, 5.74) is -2.73. The number of aliphatic hydroxyl groups is 1. The lowest BCUT2D eigenvalue weighted by atomic mass is 9.95. The lowest BCUT2D eigenvalue weighted by Crippen LogP contribution is -2.48. The van der Waals surface area contributed by atoms with Crippen molar-refractivity contribution < 1.29 is 53.5 Å². The van der Waals surface area contributed by atoms with Crippen molar-refractivity contribution >= 4 is 29.8 Å². The monoisotopic (exact) mass is 574 g/mol. The molecule has 0 aliphatic carbocycles. The highest BCUT2D eigenvalue weighted by atomic mass is 16.6. The molecule has 0 rings (SSSR count). The number of aliphatic hydroxyl groups excluding tert-OH is 1. The van der Waals surface area contributed by atoms with E-state index in [0.29, 0.717) is 6.42 Å². The van der Waals surface area contributed by atoms with Gasteiger partial charge in [-0.1, -0.05) is 97.3 Å². The normalized spacial score (nSPS) is 13.3.